The van der Waals surface area contributed by atoms with Crippen LogP contribution in [0.25, 0.3) is 0 Å². The second-order valence-electron chi connectivity index (χ2n) is 24.8. The maximum atomic E-state index is 12.9. The summed E-state index contributed by atoms with van der Waals surface area (Å²) in [5.74, 6) is 4.28. The van der Waals surface area contributed by atoms with Crippen LogP contribution in [0.1, 0.15) is 117 Å². The van der Waals surface area contributed by atoms with Gasteiger partial charge in [0, 0.05) is 62.8 Å². The van der Waals surface area contributed by atoms with Gasteiger partial charge in [-0.25, -0.2) is 0 Å². The summed E-state index contributed by atoms with van der Waals surface area (Å²) in [4.78, 5) is 56.0. The molecule has 0 amide bonds. The number of likely N-dealkylation sites (N-methyl/N-ethyl adjacent to an activating group) is 3. The van der Waals surface area contributed by atoms with Crippen molar-refractivity contribution in [3.63, 3.8) is 0 Å². The summed E-state index contributed by atoms with van der Waals surface area (Å²) < 4.78 is 48.8. The summed E-state index contributed by atoms with van der Waals surface area (Å²) in [6.07, 6.45) is 9.47. The van der Waals surface area contributed by atoms with Crippen molar-refractivity contribution in [3.8, 4) is 23.0 Å². The Morgan fingerprint density at radius 1 is 0.595 bits per heavy atom. The number of ketones is 1. The molecule has 12 atom stereocenters. The number of benzene rings is 3. The van der Waals surface area contributed by atoms with E-state index in [2.05, 4.69) is 79.7 Å². The van der Waals surface area contributed by atoms with Crippen LogP contribution >= 0.6 is 0 Å². The van der Waals surface area contributed by atoms with Crippen LogP contribution < -0.4 is 18.9 Å². The van der Waals surface area contributed by atoms with Crippen LogP contribution in [0.2, 0.25) is 0 Å². The van der Waals surface area contributed by atoms with Crippen LogP contribution in [0.3, 0.4) is 0 Å². The minimum absolute atomic E-state index is 0.00761. The molecule has 3 aromatic rings. The molecule has 15 rings (SSSR count). The molecule has 418 valence electrons. The highest BCUT2D eigenvalue weighted by Gasteiger charge is 2.77. The van der Waals surface area contributed by atoms with E-state index in [4.69, 9.17) is 37.9 Å². The number of hydrogen-bond donors (Lipinski definition) is 1. The number of methoxy groups -OCH3 is 1. The summed E-state index contributed by atoms with van der Waals surface area (Å²) in [6.45, 7) is 16.9. The molecule has 6 aliphatic heterocycles. The van der Waals surface area contributed by atoms with E-state index in [1.807, 2.05) is 32.1 Å². The van der Waals surface area contributed by atoms with Gasteiger partial charge in [-0.15, -0.1) is 0 Å². The van der Waals surface area contributed by atoms with Crippen LogP contribution in [0.4, 0.5) is 0 Å². The van der Waals surface area contributed by atoms with Gasteiger partial charge in [-0.05, 0) is 153 Å². The monoisotopic (exact) mass is 1080 g/mol. The summed E-state index contributed by atoms with van der Waals surface area (Å²) in [5, 5.41) is 12.0. The number of allylic oxidation sites excluding steroid dienone is 1. The van der Waals surface area contributed by atoms with Gasteiger partial charge in [-0.2, -0.15) is 0 Å². The van der Waals surface area contributed by atoms with E-state index in [1.165, 1.54) is 43.0 Å². The quantitative estimate of drug-likeness (QED) is 0.154. The SMILES string of the molecule is C=C(C)OC1=CC[C@@]2(O)[C@H]3Cc4ccc(C)c5c4[C@@]2(CCN3C)C1O5.CC(=O)OC12CCC(=O)C3Oc4c(C)ccc5c4C31CCN(C)C2C5.COc1ccc2c3c1OC1C(OC(C)=O)=CC[C@@]4(OC(C)=O)[C@@H](C2)N(C)CC[C@]314. The first-order chi connectivity index (χ1) is 37.6. The lowest BCUT2D eigenvalue weighted by Crippen LogP contribution is -2.77. The van der Waals surface area contributed by atoms with E-state index in [-0.39, 0.29) is 47.9 Å². The maximum Gasteiger partial charge on any atom is 0.307 e. The number of hydrogen-bond acceptors (Lipinski definition) is 16. The molecule has 16 heteroatoms. The Bertz CT molecular complexity index is 3280. The van der Waals surface area contributed by atoms with Gasteiger partial charge in [0.15, 0.2) is 35.6 Å². The molecule has 12 aliphatic rings. The number of ether oxygens (including phenoxy) is 8. The molecule has 16 nitrogen and oxygen atoms in total. The van der Waals surface area contributed by atoms with Crippen LogP contribution in [0.15, 0.2) is 72.4 Å². The standard InChI is InChI=1S/C22H25NO6.C21H25NO3.C20H23NO4/c1-12(24)27-16-7-8-22(29-13(2)25)17-11-14-5-6-15(26-4)19-18(14)21(22,20(16)28-19)9-10-23(17)3;1-12(2)24-15-7-8-21(23)16-11-14-6-5-13(3)18-17(14)20(21,19(15)25-18)9-10-22(16)4;1-11-4-5-13-10-15-20(25-12(2)22)7-6-14(23)18-19(20,8-9-21(15)3)16(13)17(11)24-18/h5-7,17,20H,8-11H2,1-4H3;5-7,16,19,23H,1,8-11H2,2-4H3;4-5,15,18H,6-10H2,1-3H3/t17-,20?,21+,22-;16-,19?,20+,21-;/m11./s1. The van der Waals surface area contributed by atoms with Gasteiger partial charge in [0.25, 0.3) is 0 Å². The van der Waals surface area contributed by atoms with Gasteiger partial charge in [-0.1, -0.05) is 36.9 Å². The zero-order chi connectivity index (χ0) is 55.7. The van der Waals surface area contributed by atoms with Gasteiger partial charge >= 0.3 is 17.9 Å². The van der Waals surface area contributed by atoms with Crippen molar-refractivity contribution in [2.45, 2.75) is 175 Å². The van der Waals surface area contributed by atoms with Crippen LogP contribution in [-0.2, 0) is 73.6 Å². The third-order valence-electron chi connectivity index (χ3n) is 21.0. The molecule has 3 aromatic carbocycles. The molecule has 6 unspecified atom stereocenters. The number of carbonyl (C=O) groups is 4. The molecule has 6 aliphatic carbocycles. The Morgan fingerprint density at radius 2 is 1.06 bits per heavy atom. The number of carbonyl (C=O) groups excluding carboxylic acids is 4. The van der Waals surface area contributed by atoms with E-state index in [1.54, 1.807) is 7.11 Å². The van der Waals surface area contributed by atoms with Gasteiger partial charge < -0.3 is 47.9 Å². The molecule has 1 saturated carbocycles. The number of nitrogens with zero attached hydrogens (tertiary/aromatic N) is 3. The van der Waals surface area contributed by atoms with Crippen LogP contribution in [0, 0.1) is 13.8 Å². The fraction of sp³-hybridized carbons (Fsp3) is 0.556. The van der Waals surface area contributed by atoms with Crippen LogP contribution in [0.5, 0.6) is 23.0 Å². The predicted octanol–water partition coefficient (Wildman–Crippen LogP) is 6.85. The van der Waals surface area contributed by atoms with Crippen molar-refractivity contribution in [2.24, 2.45) is 0 Å². The van der Waals surface area contributed by atoms with E-state index < -0.39 is 45.3 Å². The molecule has 3 spiro atoms. The summed E-state index contributed by atoms with van der Waals surface area (Å²) in [6, 6.07) is 12.8. The Balaban J connectivity index is 0.000000113. The lowest BCUT2D eigenvalue weighted by molar-refractivity contribution is -0.211. The smallest absolute Gasteiger partial charge is 0.307 e. The summed E-state index contributed by atoms with van der Waals surface area (Å²) in [7, 11) is 7.92. The van der Waals surface area contributed by atoms with E-state index >= 15 is 0 Å². The molecule has 4 fully saturated rings. The molecule has 0 radical (unpaired) electrons. The molecule has 1 N–H and O–H groups in total. The molecule has 79 heavy (non-hydrogen) atoms. The first-order valence-corrected chi connectivity index (χ1v) is 28.3. The molecule has 0 aromatic heterocycles. The van der Waals surface area contributed by atoms with Crippen molar-refractivity contribution >= 4 is 23.7 Å². The predicted molar refractivity (Wildman–Crippen MR) is 289 cm³/mol. The number of likely N-dealkylation sites (tertiary alicyclic amines) is 3. The first-order valence-electron chi connectivity index (χ1n) is 28.3. The largest absolute Gasteiger partial charge is 0.493 e. The first kappa shape index (κ1) is 52.2. The average Bonchev–Trinajstić information content (AvgIpc) is 4.24. The van der Waals surface area contributed by atoms with Crippen molar-refractivity contribution in [3.05, 3.63) is 117 Å². The highest BCUT2D eigenvalue weighted by molar-refractivity contribution is 5.90. The number of piperidine rings is 3. The fourth-order valence-corrected chi connectivity index (χ4v) is 18.1. The number of rotatable bonds is 6. The Morgan fingerprint density at radius 3 is 1.66 bits per heavy atom. The lowest BCUT2D eigenvalue weighted by atomic mass is 9.49. The number of Topliss-reactive ketones (excluding diaryl/α,β-unsaturated/α-hetero) is 1. The minimum atomic E-state index is -0.821. The normalized spacial score (nSPS) is 36.5. The zero-order valence-corrected chi connectivity index (χ0v) is 47.2. The third kappa shape index (κ3) is 6.62. The molecule has 3 saturated heterocycles. The topological polar surface area (TPSA) is 172 Å². The number of esters is 3. The second-order valence-corrected chi connectivity index (χ2v) is 24.8. The third-order valence-corrected chi connectivity index (χ3v) is 21.0. The Hall–Kier alpha value is -6.20. The highest BCUT2D eigenvalue weighted by atomic mass is 16.6. The highest BCUT2D eigenvalue weighted by Crippen LogP contribution is 2.69. The number of aliphatic hydroxyl groups is 1. The van der Waals surface area contributed by atoms with Crippen molar-refractivity contribution in [2.75, 3.05) is 47.9 Å². The van der Waals surface area contributed by atoms with E-state index in [0.717, 1.165) is 97.7 Å². The van der Waals surface area contributed by atoms with Gasteiger partial charge in [0.05, 0.1) is 46.8 Å². The Labute approximate surface area is 461 Å². The van der Waals surface area contributed by atoms with Crippen LogP contribution in [-0.4, -0.2) is 145 Å². The fourth-order valence-electron chi connectivity index (χ4n) is 18.1. The second kappa shape index (κ2) is 17.6. The molecular weight excluding hydrogens is 1010 g/mol. The van der Waals surface area contributed by atoms with Crippen molar-refractivity contribution in [1.29, 1.82) is 0 Å². The van der Waals surface area contributed by atoms with E-state index in [0.29, 0.717) is 48.7 Å². The van der Waals surface area contributed by atoms with Gasteiger partial charge in [0.1, 0.15) is 34.2 Å². The maximum absolute atomic E-state index is 12.9. The summed E-state index contributed by atoms with van der Waals surface area (Å²) >= 11 is 0. The summed E-state index contributed by atoms with van der Waals surface area (Å²) in [5.41, 5.74) is 5.53. The molecule has 6 heterocycles. The lowest BCUT2D eigenvalue weighted by Gasteiger charge is -2.63. The minimum Gasteiger partial charge on any atom is -0.493 e. The van der Waals surface area contributed by atoms with Crippen molar-refractivity contribution < 1.29 is 62.2 Å². The van der Waals surface area contributed by atoms with Crippen molar-refractivity contribution in [1.82, 2.24) is 14.7 Å². The average molecular weight is 1080 g/mol. The number of aryl methyl sites for hydroxylation is 2. The van der Waals surface area contributed by atoms with Gasteiger partial charge in [-0.3, -0.25) is 29.0 Å². The molecular formula is C63H73N3O13. The van der Waals surface area contributed by atoms with Gasteiger partial charge in [0.2, 0.25) is 0 Å². The zero-order valence-electron chi connectivity index (χ0n) is 47.2. The molecule has 6 bridgehead atoms. The van der Waals surface area contributed by atoms with E-state index in [9.17, 15) is 24.3 Å². The Kier molecular flexibility index (Phi) is 11.7.